The number of rotatable bonds is 21. The average molecular weight is 795 g/mol. The number of guanidine groups is 1. The molecule has 13 N–H and O–H groups in total. The lowest BCUT2D eigenvalue weighted by molar-refractivity contribution is -0.616. The quantitative estimate of drug-likeness (QED) is 0.0214. The highest BCUT2D eigenvalue weighted by molar-refractivity contribution is 6.11. The van der Waals surface area contributed by atoms with Gasteiger partial charge in [0.15, 0.2) is 5.96 Å². The Kier molecular flexibility index (Phi) is 14.9. The molecule has 17 nitrogen and oxygen atoms in total. The first-order valence-electron chi connectivity index (χ1n) is 19.2. The van der Waals surface area contributed by atoms with Crippen molar-refractivity contribution < 1.29 is 33.0 Å². The van der Waals surface area contributed by atoms with Gasteiger partial charge in [0.2, 0.25) is 40.6 Å². The van der Waals surface area contributed by atoms with Crippen LogP contribution < -0.4 is 54.1 Å². The number of hydrogen-bond donors (Lipinski definition) is 9. The smallest absolute Gasteiger partial charge is 0.261 e. The molecule has 5 rings (SSSR count). The summed E-state index contributed by atoms with van der Waals surface area (Å²) in [5, 5.41) is 15.7. The molecule has 5 amide bonds. The van der Waals surface area contributed by atoms with Gasteiger partial charge in [-0.3, -0.25) is 29.0 Å². The molecule has 0 spiro atoms. The topological polar surface area (TPSA) is 279 Å². The molecule has 0 unspecified atom stereocenters. The van der Waals surface area contributed by atoms with E-state index in [2.05, 4.69) is 36.1 Å². The van der Waals surface area contributed by atoms with Crippen LogP contribution in [0.1, 0.15) is 37.7 Å². The first-order valence-corrected chi connectivity index (χ1v) is 19.2. The number of aliphatic imine (C=N–C) groups is 1. The van der Waals surface area contributed by atoms with E-state index in [0.29, 0.717) is 42.7 Å². The van der Waals surface area contributed by atoms with Crippen LogP contribution in [-0.2, 0) is 37.4 Å². The molecule has 0 aliphatic rings. The maximum Gasteiger partial charge on any atom is 0.261 e. The number of unbranched alkanes of at least 4 members (excludes halogenated alkanes) is 1. The monoisotopic (exact) mass is 794 g/mol. The van der Waals surface area contributed by atoms with E-state index >= 15 is 0 Å². The molecule has 17 heteroatoms. The van der Waals surface area contributed by atoms with Crippen LogP contribution in [-0.4, -0.2) is 79.8 Å². The van der Waals surface area contributed by atoms with Crippen molar-refractivity contribution >= 4 is 74.2 Å². The SMILES string of the molecule is C[n+]1c2ccccc2c(NCC(=O)NCC(=O)N[C@@H](Cc2ccccc2)C(=O)N[C@@H](CCCN=C(N)N)C(=O)N[C@@H](CCCCN)C(N)=O)c2oc3ccccc3c21. The fourth-order valence-corrected chi connectivity index (χ4v) is 6.74. The molecule has 0 bridgehead atoms. The predicted molar refractivity (Wildman–Crippen MR) is 222 cm³/mol. The van der Waals surface area contributed by atoms with Crippen molar-refractivity contribution in [3.8, 4) is 0 Å². The third kappa shape index (κ3) is 11.2. The second-order valence-corrected chi connectivity index (χ2v) is 13.9. The van der Waals surface area contributed by atoms with Crippen LogP contribution in [0, 0.1) is 0 Å². The number of nitrogens with zero attached hydrogens (tertiary/aromatic N) is 2. The number of nitrogens with two attached hydrogens (primary N) is 4. The van der Waals surface area contributed by atoms with Crippen LogP contribution in [0.15, 0.2) is 88.3 Å². The summed E-state index contributed by atoms with van der Waals surface area (Å²) in [5.74, 6) is -3.27. The number of carbonyl (C=O) groups is 5. The molecule has 0 aliphatic carbocycles. The fourth-order valence-electron chi connectivity index (χ4n) is 6.74. The Hall–Kier alpha value is -6.75. The van der Waals surface area contributed by atoms with E-state index in [1.807, 2.05) is 61.6 Å². The molecule has 0 radical (unpaired) electrons. The number of amides is 5. The van der Waals surface area contributed by atoms with E-state index in [-0.39, 0.29) is 38.3 Å². The summed E-state index contributed by atoms with van der Waals surface area (Å²) in [6.07, 6.45) is 1.94. The van der Waals surface area contributed by atoms with Gasteiger partial charge in [-0.1, -0.05) is 54.6 Å². The number of pyridine rings is 1. The Labute approximate surface area is 335 Å². The summed E-state index contributed by atoms with van der Waals surface area (Å²) in [7, 11) is 1.96. The molecule has 5 aromatic rings. The van der Waals surface area contributed by atoms with Crippen LogP contribution in [0.2, 0.25) is 0 Å². The number of para-hydroxylation sites is 2. The minimum Gasteiger partial charge on any atom is -0.447 e. The van der Waals surface area contributed by atoms with Crippen LogP contribution >= 0.6 is 0 Å². The van der Waals surface area contributed by atoms with Crippen LogP contribution in [0.5, 0.6) is 0 Å². The summed E-state index contributed by atoms with van der Waals surface area (Å²) in [4.78, 5) is 70.0. The Morgan fingerprint density at radius 3 is 2.10 bits per heavy atom. The lowest BCUT2D eigenvalue weighted by atomic mass is 10.0. The molecule has 2 heterocycles. The van der Waals surface area contributed by atoms with E-state index in [4.69, 9.17) is 27.4 Å². The normalized spacial score (nSPS) is 12.7. The standard InChI is InChI=1S/C41H51N11O6/c1-52-31-18-7-5-14-26(31)35(37-36(52)27-15-6-8-19-32(27)58-37)48-23-33(53)47-24-34(54)49-30(22-25-12-3-2-4-13-25)40(57)51-29(17-11-21-46-41(44)45)39(56)50-28(38(43)55)16-9-10-20-42/h2-8,12-15,18-19,28-30H,9-11,16-17,20-24,42H2,1H3,(H10,43,44,45,46,47,49,50,51,53,54,55,56,57)/p+1/t28-,29-,30-/m0/s1. The summed E-state index contributed by atoms with van der Waals surface area (Å²) >= 11 is 0. The third-order valence-corrected chi connectivity index (χ3v) is 9.66. The zero-order chi connectivity index (χ0) is 41.6. The Morgan fingerprint density at radius 2 is 1.38 bits per heavy atom. The first kappa shape index (κ1) is 42.4. The third-order valence-electron chi connectivity index (χ3n) is 9.66. The number of fused-ring (bicyclic) bond motifs is 4. The number of benzene rings is 3. The minimum absolute atomic E-state index is 0.0747. The van der Waals surface area contributed by atoms with E-state index in [9.17, 15) is 24.0 Å². The van der Waals surface area contributed by atoms with Crippen molar-refractivity contribution in [1.29, 1.82) is 0 Å². The fraction of sp³-hybridized carbons (Fsp3) is 0.341. The molecule has 0 saturated carbocycles. The first-order chi connectivity index (χ1) is 28.0. The number of furan rings is 1. The lowest BCUT2D eigenvalue weighted by Gasteiger charge is -2.25. The summed E-state index contributed by atoms with van der Waals surface area (Å²) in [5.41, 5.74) is 26.5. The second kappa shape index (κ2) is 20.4. The summed E-state index contributed by atoms with van der Waals surface area (Å²) in [6.45, 7) is -0.0249. The molecule has 3 atom stereocenters. The van der Waals surface area contributed by atoms with E-state index in [1.165, 1.54) is 0 Å². The number of hydrogen-bond acceptors (Lipinski definition) is 9. The molecule has 0 fully saturated rings. The number of primary amides is 1. The van der Waals surface area contributed by atoms with Gasteiger partial charge in [0.1, 0.15) is 30.8 Å². The summed E-state index contributed by atoms with van der Waals surface area (Å²) in [6, 6.07) is 21.2. The van der Waals surface area contributed by atoms with Gasteiger partial charge in [0, 0.05) is 19.0 Å². The number of carbonyl (C=O) groups excluding carboxylic acids is 5. The molecular formula is C41H52N11O6+. The van der Waals surface area contributed by atoms with Gasteiger partial charge >= 0.3 is 0 Å². The molecular weight excluding hydrogens is 743 g/mol. The van der Waals surface area contributed by atoms with Crippen LogP contribution in [0.25, 0.3) is 33.0 Å². The predicted octanol–water partition coefficient (Wildman–Crippen LogP) is 0.457. The van der Waals surface area contributed by atoms with Gasteiger partial charge in [0.25, 0.3) is 5.52 Å². The van der Waals surface area contributed by atoms with Crippen molar-refractivity contribution in [3.05, 3.63) is 84.4 Å². The van der Waals surface area contributed by atoms with Crippen molar-refractivity contribution in [1.82, 2.24) is 21.3 Å². The number of aryl methyl sites for hydroxylation is 1. The maximum absolute atomic E-state index is 13.9. The molecule has 3 aromatic carbocycles. The van der Waals surface area contributed by atoms with Gasteiger partial charge in [-0.25, -0.2) is 0 Å². The molecule has 0 saturated heterocycles. The van der Waals surface area contributed by atoms with Gasteiger partial charge in [-0.05, 0) is 62.4 Å². The van der Waals surface area contributed by atoms with Crippen molar-refractivity contribution in [3.63, 3.8) is 0 Å². The minimum atomic E-state index is -1.15. The highest BCUT2D eigenvalue weighted by atomic mass is 16.3. The summed E-state index contributed by atoms with van der Waals surface area (Å²) < 4.78 is 8.32. The zero-order valence-corrected chi connectivity index (χ0v) is 32.5. The molecule has 2 aromatic heterocycles. The molecule has 58 heavy (non-hydrogen) atoms. The highest BCUT2D eigenvalue weighted by Crippen LogP contribution is 2.35. The lowest BCUT2D eigenvalue weighted by Crippen LogP contribution is -2.57. The Balaban J connectivity index is 1.27. The van der Waals surface area contributed by atoms with E-state index < -0.39 is 54.2 Å². The van der Waals surface area contributed by atoms with Crippen LogP contribution in [0.3, 0.4) is 0 Å². The van der Waals surface area contributed by atoms with Crippen molar-refractivity contribution in [2.45, 2.75) is 56.7 Å². The maximum atomic E-state index is 13.9. The Bertz CT molecular complexity index is 2270. The van der Waals surface area contributed by atoms with E-state index in [1.54, 1.807) is 24.3 Å². The number of aromatic nitrogens is 1. The Morgan fingerprint density at radius 1 is 0.724 bits per heavy atom. The van der Waals surface area contributed by atoms with Gasteiger partial charge in [0.05, 0.1) is 29.5 Å². The van der Waals surface area contributed by atoms with Gasteiger partial charge in [-0.15, -0.1) is 0 Å². The van der Waals surface area contributed by atoms with E-state index in [0.717, 1.165) is 27.4 Å². The van der Waals surface area contributed by atoms with Gasteiger partial charge < -0.3 is 53.9 Å². The van der Waals surface area contributed by atoms with Crippen molar-refractivity contribution in [2.24, 2.45) is 35.0 Å². The average Bonchev–Trinajstić information content (AvgIpc) is 3.60. The highest BCUT2D eigenvalue weighted by Gasteiger charge is 2.30. The van der Waals surface area contributed by atoms with Gasteiger partial charge in [-0.2, -0.15) is 4.57 Å². The second-order valence-electron chi connectivity index (χ2n) is 13.9. The zero-order valence-electron chi connectivity index (χ0n) is 32.5. The largest absolute Gasteiger partial charge is 0.447 e. The molecule has 0 aliphatic heterocycles. The van der Waals surface area contributed by atoms with Crippen LogP contribution in [0.4, 0.5) is 5.69 Å². The molecule has 306 valence electrons. The number of anilines is 1. The van der Waals surface area contributed by atoms with Crippen molar-refractivity contribution in [2.75, 3.05) is 31.5 Å². The number of nitrogens with one attached hydrogen (secondary N) is 5.